The highest BCUT2D eigenvalue weighted by Gasteiger charge is 2.27. The molecule has 0 saturated carbocycles. The van der Waals surface area contributed by atoms with Crippen molar-refractivity contribution in [3.05, 3.63) is 29.8 Å². The van der Waals surface area contributed by atoms with Gasteiger partial charge in [-0.1, -0.05) is 19.1 Å². The molecular formula is C14H21F3N2. The normalized spacial score (nSPS) is 13.8. The maximum absolute atomic E-state index is 12.1. The van der Waals surface area contributed by atoms with Crippen molar-refractivity contribution in [1.82, 2.24) is 4.90 Å². The zero-order valence-electron chi connectivity index (χ0n) is 11.4. The number of nitrogen functional groups attached to an aromatic ring is 1. The van der Waals surface area contributed by atoms with Gasteiger partial charge < -0.3 is 10.6 Å². The second-order valence-corrected chi connectivity index (χ2v) is 5.02. The van der Waals surface area contributed by atoms with Gasteiger partial charge in [-0.3, -0.25) is 0 Å². The first-order valence-electron chi connectivity index (χ1n) is 6.38. The van der Waals surface area contributed by atoms with E-state index in [0.29, 0.717) is 12.5 Å². The number of benzene rings is 1. The first kappa shape index (κ1) is 15.8. The number of hydrogen-bond acceptors (Lipinski definition) is 2. The number of alkyl halides is 3. The monoisotopic (exact) mass is 274 g/mol. The highest BCUT2D eigenvalue weighted by molar-refractivity contribution is 5.40. The zero-order chi connectivity index (χ0) is 14.5. The summed E-state index contributed by atoms with van der Waals surface area (Å²) >= 11 is 0. The van der Waals surface area contributed by atoms with Crippen LogP contribution in [0.25, 0.3) is 0 Å². The molecule has 0 bridgehead atoms. The average Bonchev–Trinajstić information content (AvgIpc) is 2.33. The summed E-state index contributed by atoms with van der Waals surface area (Å²) in [5.74, 6) is 0.314. The van der Waals surface area contributed by atoms with E-state index < -0.39 is 12.6 Å². The van der Waals surface area contributed by atoms with E-state index in [1.165, 1.54) is 5.56 Å². The van der Waals surface area contributed by atoms with Crippen molar-refractivity contribution in [3.8, 4) is 0 Å². The van der Waals surface area contributed by atoms with E-state index in [1.807, 2.05) is 24.3 Å². The third-order valence-corrected chi connectivity index (χ3v) is 3.23. The van der Waals surface area contributed by atoms with Gasteiger partial charge in [0.05, 0.1) is 6.42 Å². The molecule has 2 N–H and O–H groups in total. The largest absolute Gasteiger partial charge is 0.399 e. The standard InChI is InChI=1S/C14H21F3N2/c1-11(12-3-5-13(18)6-4-12)7-9-19(2)10-8-14(15,16)17/h3-6,11H,7-10,18H2,1-2H3. The molecule has 0 spiro atoms. The predicted molar refractivity (Wildman–Crippen MR) is 72.1 cm³/mol. The second kappa shape index (κ2) is 6.80. The van der Waals surface area contributed by atoms with Crippen molar-refractivity contribution in [1.29, 1.82) is 0 Å². The van der Waals surface area contributed by atoms with Crippen LogP contribution in [0.2, 0.25) is 0 Å². The molecule has 0 radical (unpaired) electrons. The van der Waals surface area contributed by atoms with Crippen LogP contribution < -0.4 is 5.73 Å². The van der Waals surface area contributed by atoms with Gasteiger partial charge in [0.15, 0.2) is 0 Å². The Bertz CT molecular complexity index is 373. The van der Waals surface area contributed by atoms with Crippen molar-refractivity contribution >= 4 is 5.69 Å². The quantitative estimate of drug-likeness (QED) is 0.802. The summed E-state index contributed by atoms with van der Waals surface area (Å²) in [6.45, 7) is 2.78. The van der Waals surface area contributed by atoms with E-state index >= 15 is 0 Å². The van der Waals surface area contributed by atoms with Crippen molar-refractivity contribution in [2.24, 2.45) is 0 Å². The van der Waals surface area contributed by atoms with Gasteiger partial charge in [-0.05, 0) is 43.6 Å². The lowest BCUT2D eigenvalue weighted by molar-refractivity contribution is -0.137. The molecule has 0 aliphatic rings. The number of hydrogen-bond donors (Lipinski definition) is 1. The minimum Gasteiger partial charge on any atom is -0.399 e. The van der Waals surface area contributed by atoms with E-state index in [0.717, 1.165) is 12.1 Å². The Morgan fingerprint density at radius 3 is 2.26 bits per heavy atom. The number of anilines is 1. The molecular weight excluding hydrogens is 253 g/mol. The lowest BCUT2D eigenvalue weighted by Gasteiger charge is -2.20. The number of halogens is 3. The van der Waals surface area contributed by atoms with Crippen LogP contribution in [-0.2, 0) is 0 Å². The Morgan fingerprint density at radius 2 is 1.74 bits per heavy atom. The minimum atomic E-state index is -4.07. The topological polar surface area (TPSA) is 29.3 Å². The molecule has 0 heterocycles. The van der Waals surface area contributed by atoms with Crippen LogP contribution in [0.4, 0.5) is 18.9 Å². The molecule has 2 nitrogen and oxygen atoms in total. The maximum Gasteiger partial charge on any atom is 0.390 e. The highest BCUT2D eigenvalue weighted by atomic mass is 19.4. The van der Waals surface area contributed by atoms with E-state index in [1.54, 1.807) is 11.9 Å². The first-order chi connectivity index (χ1) is 8.78. The van der Waals surface area contributed by atoms with Crippen LogP contribution >= 0.6 is 0 Å². The minimum absolute atomic E-state index is 0.0535. The maximum atomic E-state index is 12.1. The fraction of sp³-hybridized carbons (Fsp3) is 0.571. The van der Waals surface area contributed by atoms with E-state index in [-0.39, 0.29) is 6.54 Å². The lowest BCUT2D eigenvalue weighted by Crippen LogP contribution is -2.26. The Labute approximate surface area is 112 Å². The summed E-state index contributed by atoms with van der Waals surface area (Å²) in [4.78, 5) is 1.72. The molecule has 108 valence electrons. The highest BCUT2D eigenvalue weighted by Crippen LogP contribution is 2.22. The van der Waals surface area contributed by atoms with E-state index in [9.17, 15) is 13.2 Å². The molecule has 19 heavy (non-hydrogen) atoms. The lowest BCUT2D eigenvalue weighted by atomic mass is 9.97. The van der Waals surface area contributed by atoms with Gasteiger partial charge in [-0.15, -0.1) is 0 Å². The van der Waals surface area contributed by atoms with E-state index in [4.69, 9.17) is 5.73 Å². The molecule has 1 aromatic rings. The third-order valence-electron chi connectivity index (χ3n) is 3.23. The summed E-state index contributed by atoms with van der Waals surface area (Å²) in [6.07, 6.45) is -3.99. The fourth-order valence-electron chi connectivity index (χ4n) is 1.83. The number of nitrogens with zero attached hydrogens (tertiary/aromatic N) is 1. The van der Waals surface area contributed by atoms with Crippen LogP contribution in [-0.4, -0.2) is 31.2 Å². The van der Waals surface area contributed by atoms with Crippen molar-refractivity contribution < 1.29 is 13.2 Å². The van der Waals surface area contributed by atoms with Gasteiger partial charge in [-0.25, -0.2) is 0 Å². The SMILES string of the molecule is CC(CCN(C)CCC(F)(F)F)c1ccc(N)cc1. The Kier molecular flexibility index (Phi) is 5.66. The third kappa shape index (κ3) is 6.47. The molecule has 0 saturated heterocycles. The predicted octanol–water partition coefficient (Wildman–Crippen LogP) is 3.65. The van der Waals surface area contributed by atoms with Crippen molar-refractivity contribution in [3.63, 3.8) is 0 Å². The second-order valence-electron chi connectivity index (χ2n) is 5.02. The molecule has 1 aromatic carbocycles. The summed E-state index contributed by atoms with van der Waals surface area (Å²) in [5.41, 5.74) is 7.50. The van der Waals surface area contributed by atoms with Gasteiger partial charge in [0, 0.05) is 12.2 Å². The van der Waals surface area contributed by atoms with Crippen molar-refractivity contribution in [2.75, 3.05) is 25.9 Å². The number of nitrogens with two attached hydrogens (primary N) is 1. The molecule has 0 aromatic heterocycles. The van der Waals surface area contributed by atoms with Gasteiger partial charge in [0.25, 0.3) is 0 Å². The molecule has 0 fully saturated rings. The summed E-state index contributed by atoms with van der Waals surface area (Å²) < 4.78 is 36.2. The van der Waals surface area contributed by atoms with E-state index in [2.05, 4.69) is 6.92 Å². The molecule has 0 aliphatic carbocycles. The smallest absolute Gasteiger partial charge is 0.390 e. The molecule has 1 rings (SSSR count). The van der Waals surface area contributed by atoms with Gasteiger partial charge in [0.2, 0.25) is 0 Å². The number of rotatable bonds is 6. The summed E-state index contributed by atoms with van der Waals surface area (Å²) in [5, 5.41) is 0. The molecule has 0 aliphatic heterocycles. The average molecular weight is 274 g/mol. The Balaban J connectivity index is 2.33. The van der Waals surface area contributed by atoms with Crippen LogP contribution in [0.5, 0.6) is 0 Å². The van der Waals surface area contributed by atoms with Crippen LogP contribution in [0.3, 0.4) is 0 Å². The molecule has 1 unspecified atom stereocenters. The molecule has 1 atom stereocenters. The van der Waals surface area contributed by atoms with Crippen LogP contribution in [0, 0.1) is 0 Å². The van der Waals surface area contributed by atoms with Crippen LogP contribution in [0.1, 0.15) is 31.2 Å². The van der Waals surface area contributed by atoms with Crippen molar-refractivity contribution in [2.45, 2.75) is 31.9 Å². The fourth-order valence-corrected chi connectivity index (χ4v) is 1.83. The Hall–Kier alpha value is -1.23. The summed E-state index contributed by atoms with van der Waals surface area (Å²) in [7, 11) is 1.72. The Morgan fingerprint density at radius 1 is 1.16 bits per heavy atom. The summed E-state index contributed by atoms with van der Waals surface area (Å²) in [6, 6.07) is 7.63. The van der Waals surface area contributed by atoms with Gasteiger partial charge in [-0.2, -0.15) is 13.2 Å². The van der Waals surface area contributed by atoms with Gasteiger partial charge >= 0.3 is 6.18 Å². The zero-order valence-corrected chi connectivity index (χ0v) is 11.4. The molecule has 0 amide bonds. The first-order valence-corrected chi connectivity index (χ1v) is 6.38. The van der Waals surface area contributed by atoms with Crippen LogP contribution in [0.15, 0.2) is 24.3 Å². The molecule has 5 heteroatoms. The van der Waals surface area contributed by atoms with Gasteiger partial charge in [0.1, 0.15) is 0 Å².